The molecule has 0 unspecified atom stereocenters. The second-order valence-electron chi connectivity index (χ2n) is 5.80. The van der Waals surface area contributed by atoms with E-state index in [0.717, 1.165) is 0 Å². The van der Waals surface area contributed by atoms with Gasteiger partial charge in [0, 0.05) is 16.5 Å². The van der Waals surface area contributed by atoms with Gasteiger partial charge in [-0.1, -0.05) is 0 Å². The number of ether oxygens (including phenoxy) is 4. The Labute approximate surface area is 175 Å². The molecule has 0 spiro atoms. The molecule has 0 fully saturated rings. The number of halogens is 2. The summed E-state index contributed by atoms with van der Waals surface area (Å²) in [7, 11) is 4.41. The first-order chi connectivity index (χ1) is 14.4. The molecule has 0 saturated heterocycles. The highest BCUT2D eigenvalue weighted by atomic mass is 32.1. The molecular weight excluding hydrogens is 418 g/mol. The molecule has 0 saturated carbocycles. The average molecular weight is 436 g/mol. The van der Waals surface area contributed by atoms with E-state index in [9.17, 15) is 13.6 Å². The van der Waals surface area contributed by atoms with Gasteiger partial charge in [0.25, 0.3) is 5.91 Å². The van der Waals surface area contributed by atoms with Crippen LogP contribution in [0.15, 0.2) is 41.8 Å². The quantitative estimate of drug-likeness (QED) is 0.552. The third-order valence-corrected chi connectivity index (χ3v) is 4.81. The fourth-order valence-corrected chi connectivity index (χ4v) is 3.35. The Hall–Kier alpha value is -3.40. The van der Waals surface area contributed by atoms with E-state index in [1.54, 1.807) is 37.8 Å². The number of aromatic nitrogens is 1. The molecule has 0 aliphatic rings. The molecule has 0 aliphatic carbocycles. The first-order valence-corrected chi connectivity index (χ1v) is 9.45. The Bertz CT molecular complexity index is 1040. The highest BCUT2D eigenvalue weighted by molar-refractivity contribution is 7.14. The molecule has 0 radical (unpaired) electrons. The molecule has 0 atom stereocenters. The summed E-state index contributed by atoms with van der Waals surface area (Å²) in [6.45, 7) is -3.00. The number of hydrogen-bond donors (Lipinski definition) is 1. The fourth-order valence-electron chi connectivity index (χ4n) is 2.64. The molecule has 3 rings (SSSR count). The van der Waals surface area contributed by atoms with Gasteiger partial charge in [0.2, 0.25) is 0 Å². The SMILES string of the molecule is COc1ccc(OC)c(-c2csc(NC(=O)c3ccc(OC(F)F)c(OC)c3)n2)c1. The highest BCUT2D eigenvalue weighted by Gasteiger charge is 2.16. The van der Waals surface area contributed by atoms with Gasteiger partial charge >= 0.3 is 6.61 Å². The summed E-state index contributed by atoms with van der Waals surface area (Å²) in [5.41, 5.74) is 1.51. The molecule has 1 aromatic heterocycles. The summed E-state index contributed by atoms with van der Waals surface area (Å²) in [5.74, 6) is 0.630. The molecule has 0 aliphatic heterocycles. The number of nitrogens with one attached hydrogen (secondary N) is 1. The Morgan fingerprint density at radius 3 is 2.40 bits per heavy atom. The molecule has 1 N–H and O–H groups in total. The van der Waals surface area contributed by atoms with Gasteiger partial charge in [0.15, 0.2) is 16.6 Å². The lowest BCUT2D eigenvalue weighted by Gasteiger charge is -2.11. The van der Waals surface area contributed by atoms with Gasteiger partial charge in [0.05, 0.1) is 27.0 Å². The van der Waals surface area contributed by atoms with Crippen molar-refractivity contribution in [3.63, 3.8) is 0 Å². The Morgan fingerprint density at radius 1 is 1.00 bits per heavy atom. The summed E-state index contributed by atoms with van der Waals surface area (Å²) in [4.78, 5) is 17.0. The molecule has 0 bridgehead atoms. The zero-order chi connectivity index (χ0) is 21.7. The van der Waals surface area contributed by atoms with Crippen molar-refractivity contribution in [2.75, 3.05) is 26.6 Å². The second kappa shape index (κ2) is 9.40. The van der Waals surface area contributed by atoms with Crippen LogP contribution in [0.2, 0.25) is 0 Å². The van der Waals surface area contributed by atoms with Gasteiger partial charge < -0.3 is 18.9 Å². The van der Waals surface area contributed by atoms with Crippen molar-refractivity contribution in [1.82, 2.24) is 4.98 Å². The lowest BCUT2D eigenvalue weighted by molar-refractivity contribution is -0.0512. The lowest BCUT2D eigenvalue weighted by atomic mass is 10.1. The minimum absolute atomic E-state index is 0.0175. The summed E-state index contributed by atoms with van der Waals surface area (Å²) >= 11 is 1.23. The third kappa shape index (κ3) is 4.77. The van der Waals surface area contributed by atoms with Crippen LogP contribution in [0, 0.1) is 0 Å². The predicted molar refractivity (Wildman–Crippen MR) is 108 cm³/mol. The topological polar surface area (TPSA) is 78.9 Å². The van der Waals surface area contributed by atoms with Gasteiger partial charge in [-0.15, -0.1) is 11.3 Å². The van der Waals surface area contributed by atoms with Gasteiger partial charge in [-0.25, -0.2) is 4.98 Å². The zero-order valence-corrected chi connectivity index (χ0v) is 17.1. The Balaban J connectivity index is 1.80. The van der Waals surface area contributed by atoms with E-state index in [1.807, 2.05) is 0 Å². The highest BCUT2D eigenvalue weighted by Crippen LogP contribution is 2.35. The van der Waals surface area contributed by atoms with E-state index in [4.69, 9.17) is 14.2 Å². The first kappa shape index (κ1) is 21.3. The van der Waals surface area contributed by atoms with Crippen LogP contribution >= 0.6 is 11.3 Å². The van der Waals surface area contributed by atoms with Crippen LogP contribution in [0.3, 0.4) is 0 Å². The third-order valence-electron chi connectivity index (χ3n) is 4.05. The summed E-state index contributed by atoms with van der Waals surface area (Å²) in [6.07, 6.45) is 0. The van der Waals surface area contributed by atoms with Gasteiger partial charge in [-0.2, -0.15) is 8.78 Å². The summed E-state index contributed by atoms with van der Waals surface area (Å²) in [5, 5.41) is 4.80. The van der Waals surface area contributed by atoms with Crippen molar-refractivity contribution < 1.29 is 32.5 Å². The van der Waals surface area contributed by atoms with Crippen molar-refractivity contribution >= 4 is 22.4 Å². The molecule has 158 valence electrons. The van der Waals surface area contributed by atoms with Crippen LogP contribution in [0.5, 0.6) is 23.0 Å². The number of anilines is 1. The van der Waals surface area contributed by atoms with Crippen LogP contribution in [0.1, 0.15) is 10.4 Å². The number of hydrogen-bond acceptors (Lipinski definition) is 7. The molecule has 1 heterocycles. The van der Waals surface area contributed by atoms with E-state index in [-0.39, 0.29) is 17.1 Å². The Kier molecular flexibility index (Phi) is 6.68. The maximum atomic E-state index is 12.6. The van der Waals surface area contributed by atoms with E-state index in [0.29, 0.717) is 27.9 Å². The zero-order valence-electron chi connectivity index (χ0n) is 16.3. The number of rotatable bonds is 8. The molecular formula is C20H18F2N2O5S. The fraction of sp³-hybridized carbons (Fsp3) is 0.200. The summed E-state index contributed by atoms with van der Waals surface area (Å²) < 4.78 is 44.9. The van der Waals surface area contributed by atoms with E-state index in [1.165, 1.54) is 36.6 Å². The number of carbonyl (C=O) groups is 1. The van der Waals surface area contributed by atoms with Crippen LogP contribution in [0.25, 0.3) is 11.3 Å². The standard InChI is InChI=1S/C20H18F2N2O5S/c1-26-12-5-7-15(27-2)13(9-12)14-10-30-20(23-14)24-18(25)11-4-6-16(29-19(21)22)17(8-11)28-3/h4-10,19H,1-3H3,(H,23,24,25). The Morgan fingerprint density at radius 2 is 1.73 bits per heavy atom. The van der Waals surface area contributed by atoms with Gasteiger partial charge in [0.1, 0.15) is 11.5 Å². The number of benzene rings is 2. The molecule has 7 nitrogen and oxygen atoms in total. The van der Waals surface area contributed by atoms with Crippen molar-refractivity contribution in [2.45, 2.75) is 6.61 Å². The smallest absolute Gasteiger partial charge is 0.387 e. The molecule has 1 amide bonds. The lowest BCUT2D eigenvalue weighted by Crippen LogP contribution is -2.12. The maximum Gasteiger partial charge on any atom is 0.387 e. The monoisotopic (exact) mass is 436 g/mol. The molecule has 30 heavy (non-hydrogen) atoms. The van der Waals surface area contributed by atoms with Crippen LogP contribution in [-0.2, 0) is 0 Å². The van der Waals surface area contributed by atoms with Crippen molar-refractivity contribution in [1.29, 1.82) is 0 Å². The maximum absolute atomic E-state index is 12.6. The normalized spacial score (nSPS) is 10.6. The van der Waals surface area contributed by atoms with Crippen LogP contribution in [-0.4, -0.2) is 38.8 Å². The van der Waals surface area contributed by atoms with Crippen LogP contribution in [0.4, 0.5) is 13.9 Å². The minimum atomic E-state index is -3.00. The number of thiazole rings is 1. The van der Waals surface area contributed by atoms with Gasteiger partial charge in [-0.3, -0.25) is 10.1 Å². The van der Waals surface area contributed by atoms with Crippen LogP contribution < -0.4 is 24.3 Å². The van der Waals surface area contributed by atoms with E-state index < -0.39 is 12.5 Å². The number of methoxy groups -OCH3 is 3. The van der Waals surface area contributed by atoms with Crippen molar-refractivity contribution in [3.05, 3.63) is 47.3 Å². The van der Waals surface area contributed by atoms with Gasteiger partial charge in [-0.05, 0) is 36.4 Å². The minimum Gasteiger partial charge on any atom is -0.497 e. The second-order valence-corrected chi connectivity index (χ2v) is 6.66. The average Bonchev–Trinajstić information content (AvgIpc) is 3.21. The number of carbonyl (C=O) groups excluding carboxylic acids is 1. The number of amides is 1. The van der Waals surface area contributed by atoms with Crippen molar-refractivity contribution in [2.24, 2.45) is 0 Å². The number of nitrogens with zero attached hydrogens (tertiary/aromatic N) is 1. The van der Waals surface area contributed by atoms with E-state index >= 15 is 0 Å². The van der Waals surface area contributed by atoms with Crippen molar-refractivity contribution in [3.8, 4) is 34.3 Å². The molecule has 10 heteroatoms. The predicted octanol–water partition coefficient (Wildman–Crippen LogP) is 4.69. The molecule has 3 aromatic rings. The molecule has 2 aromatic carbocycles. The first-order valence-electron chi connectivity index (χ1n) is 8.57. The summed E-state index contributed by atoms with van der Waals surface area (Å²) in [6, 6.07) is 9.23. The number of alkyl halides is 2. The van der Waals surface area contributed by atoms with E-state index in [2.05, 4.69) is 15.0 Å². The largest absolute Gasteiger partial charge is 0.497 e.